The highest BCUT2D eigenvalue weighted by molar-refractivity contribution is 7.91. The molecule has 104 valence electrons. The average Bonchev–Trinajstić information content (AvgIpc) is 2.88. The van der Waals surface area contributed by atoms with Crippen molar-refractivity contribution in [2.45, 2.75) is 38.1 Å². The van der Waals surface area contributed by atoms with Gasteiger partial charge in [-0.1, -0.05) is 0 Å². The van der Waals surface area contributed by atoms with Gasteiger partial charge in [-0.15, -0.1) is 0 Å². The Morgan fingerprint density at radius 1 is 1.28 bits per heavy atom. The van der Waals surface area contributed by atoms with E-state index < -0.39 is 9.84 Å². The molecule has 3 fully saturated rings. The van der Waals surface area contributed by atoms with Crippen LogP contribution in [0.4, 0.5) is 0 Å². The number of nitrogens with one attached hydrogen (secondary N) is 2. The maximum atomic E-state index is 11.6. The maximum absolute atomic E-state index is 11.6. The SMILES string of the molecule is CC1(NCC2CC23CCNCC3)CCS(=O)(=O)C1. The topological polar surface area (TPSA) is 58.2 Å². The van der Waals surface area contributed by atoms with Gasteiger partial charge < -0.3 is 10.6 Å². The Labute approximate surface area is 110 Å². The van der Waals surface area contributed by atoms with Crippen molar-refractivity contribution < 1.29 is 8.42 Å². The zero-order valence-electron chi connectivity index (χ0n) is 11.2. The summed E-state index contributed by atoms with van der Waals surface area (Å²) in [4.78, 5) is 0. The van der Waals surface area contributed by atoms with E-state index in [2.05, 4.69) is 17.6 Å². The zero-order valence-corrected chi connectivity index (χ0v) is 12.0. The molecule has 2 heterocycles. The van der Waals surface area contributed by atoms with Crippen molar-refractivity contribution in [3.8, 4) is 0 Å². The van der Waals surface area contributed by atoms with E-state index in [1.807, 2.05) is 0 Å². The van der Waals surface area contributed by atoms with Crippen molar-refractivity contribution in [3.63, 3.8) is 0 Å². The molecule has 2 N–H and O–H groups in total. The third-order valence-electron chi connectivity index (χ3n) is 5.24. The van der Waals surface area contributed by atoms with E-state index >= 15 is 0 Å². The van der Waals surface area contributed by atoms with Gasteiger partial charge in [-0.05, 0) is 63.6 Å². The fourth-order valence-electron chi connectivity index (χ4n) is 3.78. The Hall–Kier alpha value is -0.130. The lowest BCUT2D eigenvalue weighted by Gasteiger charge is -2.27. The lowest BCUT2D eigenvalue weighted by molar-refractivity contribution is 0.302. The summed E-state index contributed by atoms with van der Waals surface area (Å²) in [6.07, 6.45) is 4.71. The summed E-state index contributed by atoms with van der Waals surface area (Å²) in [5.74, 6) is 1.46. The third-order valence-corrected chi connectivity index (χ3v) is 7.14. The van der Waals surface area contributed by atoms with Crippen molar-refractivity contribution in [3.05, 3.63) is 0 Å². The van der Waals surface area contributed by atoms with Crippen LogP contribution in [-0.2, 0) is 9.84 Å². The maximum Gasteiger partial charge on any atom is 0.152 e. The Kier molecular flexibility index (Phi) is 2.99. The van der Waals surface area contributed by atoms with E-state index in [9.17, 15) is 8.42 Å². The third kappa shape index (κ3) is 2.45. The van der Waals surface area contributed by atoms with Crippen LogP contribution in [-0.4, -0.2) is 45.1 Å². The summed E-state index contributed by atoms with van der Waals surface area (Å²) in [7, 11) is -2.79. The van der Waals surface area contributed by atoms with Crippen LogP contribution >= 0.6 is 0 Å². The van der Waals surface area contributed by atoms with Crippen molar-refractivity contribution in [2.24, 2.45) is 11.3 Å². The molecule has 5 heteroatoms. The quantitative estimate of drug-likeness (QED) is 0.787. The predicted octanol–water partition coefficient (Wildman–Crippen LogP) is 0.543. The standard InChI is InChI=1S/C13H24N2O2S/c1-12(4-7-18(16,17)10-12)15-9-11-8-13(11)2-5-14-6-3-13/h11,14-15H,2-10H2,1H3. The van der Waals surface area contributed by atoms with Gasteiger partial charge in [0.15, 0.2) is 9.84 Å². The molecular formula is C13H24N2O2S. The van der Waals surface area contributed by atoms with Crippen molar-refractivity contribution in [1.29, 1.82) is 0 Å². The number of hydrogen-bond acceptors (Lipinski definition) is 4. The highest BCUT2D eigenvalue weighted by Gasteiger charge is 2.54. The van der Waals surface area contributed by atoms with Gasteiger partial charge in [-0.3, -0.25) is 0 Å². The minimum absolute atomic E-state index is 0.171. The molecule has 2 atom stereocenters. The van der Waals surface area contributed by atoms with Crippen molar-refractivity contribution in [1.82, 2.24) is 10.6 Å². The van der Waals surface area contributed by atoms with E-state index in [0.29, 0.717) is 16.9 Å². The smallest absolute Gasteiger partial charge is 0.152 e. The Bertz CT molecular complexity index is 428. The van der Waals surface area contributed by atoms with Gasteiger partial charge in [0.25, 0.3) is 0 Å². The summed E-state index contributed by atoms with van der Waals surface area (Å²) in [6, 6.07) is 0. The minimum atomic E-state index is -2.79. The lowest BCUT2D eigenvalue weighted by atomic mass is 9.91. The van der Waals surface area contributed by atoms with Crippen LogP contribution < -0.4 is 10.6 Å². The molecule has 0 aromatic rings. The monoisotopic (exact) mass is 272 g/mol. The Morgan fingerprint density at radius 3 is 2.61 bits per heavy atom. The van der Waals surface area contributed by atoms with Gasteiger partial charge in [0.2, 0.25) is 0 Å². The van der Waals surface area contributed by atoms with E-state index in [-0.39, 0.29) is 5.54 Å². The Balaban J connectivity index is 1.51. The van der Waals surface area contributed by atoms with Crippen LogP contribution in [0.5, 0.6) is 0 Å². The first kappa shape index (κ1) is 12.9. The molecule has 0 aromatic carbocycles. The number of hydrogen-bond donors (Lipinski definition) is 2. The summed E-state index contributed by atoms with van der Waals surface area (Å²) in [5.41, 5.74) is 0.418. The molecule has 0 aromatic heterocycles. The van der Waals surface area contributed by atoms with Crippen LogP contribution in [0.1, 0.15) is 32.6 Å². The van der Waals surface area contributed by atoms with Crippen LogP contribution in [0.2, 0.25) is 0 Å². The van der Waals surface area contributed by atoms with Gasteiger partial charge in [-0.2, -0.15) is 0 Å². The van der Waals surface area contributed by atoms with Crippen LogP contribution in [0, 0.1) is 11.3 Å². The van der Waals surface area contributed by atoms with E-state index in [1.54, 1.807) is 0 Å². The first-order valence-corrected chi connectivity index (χ1v) is 8.92. The first-order chi connectivity index (χ1) is 8.43. The summed E-state index contributed by atoms with van der Waals surface area (Å²) >= 11 is 0. The molecule has 0 bridgehead atoms. The normalized spacial score (nSPS) is 41.1. The van der Waals surface area contributed by atoms with Crippen LogP contribution in [0.25, 0.3) is 0 Å². The highest BCUT2D eigenvalue weighted by Crippen LogP contribution is 2.58. The largest absolute Gasteiger partial charge is 0.317 e. The molecule has 2 saturated heterocycles. The molecule has 0 radical (unpaired) electrons. The molecule has 2 aliphatic heterocycles. The second kappa shape index (κ2) is 4.18. The number of sulfone groups is 1. The van der Waals surface area contributed by atoms with Crippen molar-refractivity contribution >= 4 is 9.84 Å². The highest BCUT2D eigenvalue weighted by atomic mass is 32.2. The number of piperidine rings is 1. The van der Waals surface area contributed by atoms with Gasteiger partial charge in [-0.25, -0.2) is 8.42 Å². The second-order valence-electron chi connectivity index (χ2n) is 6.80. The molecule has 0 amide bonds. The molecule has 18 heavy (non-hydrogen) atoms. The predicted molar refractivity (Wildman–Crippen MR) is 72.3 cm³/mol. The van der Waals surface area contributed by atoms with E-state index in [4.69, 9.17) is 0 Å². The molecule has 4 nitrogen and oxygen atoms in total. The summed E-state index contributed by atoms with van der Waals surface area (Å²) in [5, 5.41) is 6.96. The average molecular weight is 272 g/mol. The molecule has 2 unspecified atom stereocenters. The van der Waals surface area contributed by atoms with Gasteiger partial charge in [0.05, 0.1) is 11.5 Å². The minimum Gasteiger partial charge on any atom is -0.317 e. The fraction of sp³-hybridized carbons (Fsp3) is 1.00. The van der Waals surface area contributed by atoms with E-state index in [1.165, 1.54) is 19.3 Å². The second-order valence-corrected chi connectivity index (χ2v) is 8.98. The molecule has 3 rings (SSSR count). The van der Waals surface area contributed by atoms with E-state index in [0.717, 1.165) is 32.0 Å². The summed E-state index contributed by atoms with van der Waals surface area (Å²) < 4.78 is 23.1. The molecule has 1 saturated carbocycles. The van der Waals surface area contributed by atoms with Gasteiger partial charge >= 0.3 is 0 Å². The lowest BCUT2D eigenvalue weighted by Crippen LogP contribution is -2.45. The van der Waals surface area contributed by atoms with Crippen molar-refractivity contribution in [2.75, 3.05) is 31.1 Å². The summed E-state index contributed by atoms with van der Waals surface area (Å²) in [6.45, 7) is 5.38. The zero-order chi connectivity index (χ0) is 12.9. The Morgan fingerprint density at radius 2 is 2.00 bits per heavy atom. The molecular weight excluding hydrogens is 248 g/mol. The molecule has 1 aliphatic carbocycles. The fourth-order valence-corrected chi connectivity index (χ4v) is 5.90. The molecule has 3 aliphatic rings. The van der Waals surface area contributed by atoms with Gasteiger partial charge in [0, 0.05) is 5.54 Å². The molecule has 1 spiro atoms. The van der Waals surface area contributed by atoms with Crippen LogP contribution in [0.15, 0.2) is 0 Å². The number of rotatable bonds is 3. The van der Waals surface area contributed by atoms with Crippen LogP contribution in [0.3, 0.4) is 0 Å². The van der Waals surface area contributed by atoms with Gasteiger partial charge in [0.1, 0.15) is 0 Å². The first-order valence-electron chi connectivity index (χ1n) is 7.09.